The second-order valence-electron chi connectivity index (χ2n) is 8.41. The van der Waals surface area contributed by atoms with Crippen molar-refractivity contribution in [3.63, 3.8) is 0 Å². The molecular weight excluding hydrogens is 458 g/mol. The summed E-state index contributed by atoms with van der Waals surface area (Å²) in [5.41, 5.74) is 2.09. The van der Waals surface area contributed by atoms with E-state index >= 15 is 0 Å². The predicted molar refractivity (Wildman–Crippen MR) is 136 cm³/mol. The number of hydrogen-bond acceptors (Lipinski definition) is 6. The van der Waals surface area contributed by atoms with Crippen molar-refractivity contribution in [2.75, 3.05) is 20.8 Å². The lowest BCUT2D eigenvalue weighted by Gasteiger charge is -2.25. The van der Waals surface area contributed by atoms with Crippen molar-refractivity contribution in [3.8, 4) is 17.2 Å². The molecule has 3 aromatic rings. The second-order valence-corrected chi connectivity index (χ2v) is 8.41. The molecule has 1 atom stereocenters. The van der Waals surface area contributed by atoms with Crippen LogP contribution in [0.3, 0.4) is 0 Å². The highest BCUT2D eigenvalue weighted by Crippen LogP contribution is 2.42. The molecule has 0 bridgehead atoms. The predicted octanol–water partition coefficient (Wildman–Crippen LogP) is 5.11. The van der Waals surface area contributed by atoms with Crippen LogP contribution >= 0.6 is 0 Å². The first-order chi connectivity index (χ1) is 17.5. The fourth-order valence-corrected chi connectivity index (χ4v) is 4.31. The minimum atomic E-state index is -0.767. The molecular formula is C29H29NO6. The van der Waals surface area contributed by atoms with Crippen LogP contribution in [0.5, 0.6) is 17.2 Å². The first-order valence-electron chi connectivity index (χ1n) is 11.8. The molecule has 1 aliphatic rings. The van der Waals surface area contributed by atoms with Crippen molar-refractivity contribution >= 4 is 17.4 Å². The Morgan fingerprint density at radius 1 is 0.917 bits per heavy atom. The fourth-order valence-electron chi connectivity index (χ4n) is 4.31. The van der Waals surface area contributed by atoms with Gasteiger partial charge in [0.1, 0.15) is 18.1 Å². The maximum absolute atomic E-state index is 13.1. The van der Waals surface area contributed by atoms with E-state index in [1.165, 1.54) is 4.90 Å². The van der Waals surface area contributed by atoms with E-state index < -0.39 is 17.7 Å². The number of likely N-dealkylation sites (tertiary alicyclic amines) is 1. The molecule has 1 aliphatic heterocycles. The maximum atomic E-state index is 13.1. The summed E-state index contributed by atoms with van der Waals surface area (Å²) >= 11 is 0. The van der Waals surface area contributed by atoms with Crippen LogP contribution in [0.4, 0.5) is 0 Å². The quantitative estimate of drug-likeness (QED) is 0.256. The molecule has 1 N–H and O–H groups in total. The Morgan fingerprint density at radius 2 is 1.64 bits per heavy atom. The minimum absolute atomic E-state index is 0.0396. The van der Waals surface area contributed by atoms with Crippen LogP contribution in [0, 0.1) is 0 Å². The Morgan fingerprint density at radius 3 is 2.28 bits per heavy atom. The summed E-state index contributed by atoms with van der Waals surface area (Å²) in [7, 11) is 3.10. The number of benzene rings is 3. The van der Waals surface area contributed by atoms with E-state index in [0.717, 1.165) is 5.56 Å². The molecule has 7 heteroatoms. The molecule has 0 radical (unpaired) electrons. The van der Waals surface area contributed by atoms with Gasteiger partial charge in [-0.3, -0.25) is 9.59 Å². The molecule has 0 spiro atoms. The number of ketones is 1. The molecule has 1 heterocycles. The zero-order chi connectivity index (χ0) is 25.7. The van der Waals surface area contributed by atoms with Crippen molar-refractivity contribution in [2.45, 2.75) is 26.0 Å². The number of methoxy groups -OCH3 is 2. The van der Waals surface area contributed by atoms with Gasteiger partial charge in [0, 0.05) is 12.1 Å². The average molecular weight is 488 g/mol. The number of ether oxygens (including phenoxy) is 3. The summed E-state index contributed by atoms with van der Waals surface area (Å²) in [5, 5.41) is 11.2. The number of hydrogen-bond donors (Lipinski definition) is 1. The Bertz CT molecular complexity index is 1270. The fraction of sp³-hybridized carbons (Fsp3) is 0.241. The van der Waals surface area contributed by atoms with E-state index in [1.807, 2.05) is 37.3 Å². The van der Waals surface area contributed by atoms with E-state index in [-0.39, 0.29) is 11.3 Å². The van der Waals surface area contributed by atoms with Gasteiger partial charge in [-0.1, -0.05) is 43.3 Å². The van der Waals surface area contributed by atoms with E-state index in [2.05, 4.69) is 0 Å². The van der Waals surface area contributed by atoms with E-state index in [9.17, 15) is 14.7 Å². The second kappa shape index (κ2) is 11.0. The van der Waals surface area contributed by atoms with Crippen LogP contribution in [-0.2, 0) is 16.2 Å². The maximum Gasteiger partial charge on any atom is 0.295 e. The normalized spacial score (nSPS) is 16.8. The van der Waals surface area contributed by atoms with Gasteiger partial charge in [-0.05, 0) is 53.9 Å². The van der Waals surface area contributed by atoms with E-state index in [0.29, 0.717) is 47.9 Å². The lowest BCUT2D eigenvalue weighted by Crippen LogP contribution is -2.30. The zero-order valence-electron chi connectivity index (χ0n) is 20.6. The Labute approximate surface area is 210 Å². The van der Waals surface area contributed by atoms with Crippen molar-refractivity contribution in [1.82, 2.24) is 4.90 Å². The minimum Gasteiger partial charge on any atom is -0.507 e. The van der Waals surface area contributed by atoms with Gasteiger partial charge < -0.3 is 24.2 Å². The highest BCUT2D eigenvalue weighted by molar-refractivity contribution is 6.46. The third-order valence-electron chi connectivity index (χ3n) is 6.11. The molecule has 3 aromatic carbocycles. The van der Waals surface area contributed by atoms with Gasteiger partial charge in [0.05, 0.1) is 25.8 Å². The topological polar surface area (TPSA) is 85.3 Å². The molecule has 0 saturated carbocycles. The lowest BCUT2D eigenvalue weighted by molar-refractivity contribution is -0.139. The van der Waals surface area contributed by atoms with Crippen LogP contribution in [0.25, 0.3) is 5.76 Å². The van der Waals surface area contributed by atoms with Crippen molar-refractivity contribution in [2.24, 2.45) is 0 Å². The van der Waals surface area contributed by atoms with Crippen molar-refractivity contribution in [1.29, 1.82) is 0 Å². The monoisotopic (exact) mass is 487 g/mol. The number of aliphatic hydroxyl groups is 1. The van der Waals surface area contributed by atoms with Crippen molar-refractivity contribution < 1.29 is 28.9 Å². The van der Waals surface area contributed by atoms with Crippen LogP contribution in [0.2, 0.25) is 0 Å². The van der Waals surface area contributed by atoms with Gasteiger partial charge in [0.15, 0.2) is 11.5 Å². The number of Topliss-reactive ketones (excluding diaryl/α,β-unsaturated/α-hetero) is 1. The molecule has 7 nitrogen and oxygen atoms in total. The Kier molecular flexibility index (Phi) is 7.59. The summed E-state index contributed by atoms with van der Waals surface area (Å²) in [5.74, 6) is 0.0264. The average Bonchev–Trinajstić information content (AvgIpc) is 3.17. The molecule has 0 aliphatic carbocycles. The van der Waals surface area contributed by atoms with E-state index in [1.54, 1.807) is 56.7 Å². The first-order valence-corrected chi connectivity index (χ1v) is 11.8. The molecule has 4 rings (SSSR count). The van der Waals surface area contributed by atoms with Gasteiger partial charge >= 0.3 is 0 Å². The highest BCUT2D eigenvalue weighted by atomic mass is 16.5. The molecule has 1 amide bonds. The number of amides is 1. The molecule has 36 heavy (non-hydrogen) atoms. The molecule has 186 valence electrons. The SMILES string of the molecule is CCCN1C(=O)C(=O)/C(=C(\O)c2ccc(OC)cc2)C1c1ccc(OC)c(OCc2ccccc2)c1. The number of rotatable bonds is 9. The van der Waals surface area contributed by atoms with Gasteiger partial charge in [0.25, 0.3) is 11.7 Å². The lowest BCUT2D eigenvalue weighted by atomic mass is 9.95. The van der Waals surface area contributed by atoms with Gasteiger partial charge in [-0.2, -0.15) is 0 Å². The molecule has 1 saturated heterocycles. The molecule has 1 fully saturated rings. The largest absolute Gasteiger partial charge is 0.507 e. The van der Waals surface area contributed by atoms with Gasteiger partial charge in [-0.15, -0.1) is 0 Å². The van der Waals surface area contributed by atoms with Gasteiger partial charge in [0.2, 0.25) is 0 Å². The van der Waals surface area contributed by atoms with Crippen LogP contribution in [0.15, 0.2) is 78.4 Å². The summed E-state index contributed by atoms with van der Waals surface area (Å²) in [6.45, 7) is 2.62. The number of nitrogens with zero attached hydrogens (tertiary/aromatic N) is 1. The smallest absolute Gasteiger partial charge is 0.295 e. The summed E-state index contributed by atoms with van der Waals surface area (Å²) < 4.78 is 16.7. The molecule has 0 aromatic heterocycles. The summed E-state index contributed by atoms with van der Waals surface area (Å²) in [4.78, 5) is 27.6. The van der Waals surface area contributed by atoms with Crippen LogP contribution in [0.1, 0.15) is 36.1 Å². The standard InChI is InChI=1S/C29H29NO6/c1-4-16-30-26(25(28(32)29(30)33)27(31)20-10-13-22(34-2)14-11-20)21-12-15-23(35-3)24(17-21)36-18-19-8-6-5-7-9-19/h5-15,17,26,31H,4,16,18H2,1-3H3/b27-25-. The zero-order valence-corrected chi connectivity index (χ0v) is 20.6. The number of carbonyl (C=O) groups excluding carboxylic acids is 2. The number of carbonyl (C=O) groups is 2. The number of aliphatic hydroxyl groups excluding tert-OH is 1. The first kappa shape index (κ1) is 24.9. The van der Waals surface area contributed by atoms with Gasteiger partial charge in [-0.25, -0.2) is 0 Å². The van der Waals surface area contributed by atoms with Crippen molar-refractivity contribution in [3.05, 3.63) is 95.1 Å². The van der Waals surface area contributed by atoms with Crippen LogP contribution in [-0.4, -0.2) is 42.5 Å². The Balaban J connectivity index is 1.78. The molecule has 1 unspecified atom stereocenters. The summed E-state index contributed by atoms with van der Waals surface area (Å²) in [6.07, 6.45) is 0.652. The third-order valence-corrected chi connectivity index (χ3v) is 6.11. The highest BCUT2D eigenvalue weighted by Gasteiger charge is 2.45. The Hall–Kier alpha value is -4.26. The van der Waals surface area contributed by atoms with E-state index in [4.69, 9.17) is 14.2 Å². The third kappa shape index (κ3) is 4.91. The van der Waals surface area contributed by atoms with Crippen LogP contribution < -0.4 is 14.2 Å². The summed E-state index contributed by atoms with van der Waals surface area (Å²) in [6, 6.07) is 20.9.